The molecule has 0 aliphatic carbocycles. The first kappa shape index (κ1) is 19.9. The minimum atomic E-state index is -4.53. The molecular weight excluding hydrogens is 375 g/mol. The van der Waals surface area contributed by atoms with E-state index in [4.69, 9.17) is 4.74 Å². The predicted molar refractivity (Wildman–Crippen MR) is 85.8 cm³/mol. The van der Waals surface area contributed by atoms with Gasteiger partial charge in [0.2, 0.25) is 5.16 Å². The van der Waals surface area contributed by atoms with Crippen molar-refractivity contribution in [1.82, 2.24) is 24.9 Å². The SMILES string of the molecule is CSc1nc2nc(C)c(CC(=O)OCC(=O)NCC(F)(F)F)c(C)n2n1. The largest absolute Gasteiger partial charge is 0.455 e. The fourth-order valence-corrected chi connectivity index (χ4v) is 2.46. The highest BCUT2D eigenvalue weighted by molar-refractivity contribution is 7.98. The van der Waals surface area contributed by atoms with E-state index < -0.39 is 31.2 Å². The average molecular weight is 391 g/mol. The van der Waals surface area contributed by atoms with Crippen molar-refractivity contribution in [3.8, 4) is 0 Å². The van der Waals surface area contributed by atoms with E-state index in [1.165, 1.54) is 16.3 Å². The van der Waals surface area contributed by atoms with Gasteiger partial charge in [-0.2, -0.15) is 18.2 Å². The maximum absolute atomic E-state index is 12.0. The topological polar surface area (TPSA) is 98.5 Å². The Morgan fingerprint density at radius 2 is 1.96 bits per heavy atom. The van der Waals surface area contributed by atoms with Crippen molar-refractivity contribution < 1.29 is 27.5 Å². The minimum absolute atomic E-state index is 0.193. The number of ether oxygens (including phenoxy) is 1. The molecule has 0 aromatic carbocycles. The van der Waals surface area contributed by atoms with Crippen molar-refractivity contribution in [1.29, 1.82) is 0 Å². The van der Waals surface area contributed by atoms with Gasteiger partial charge in [0.15, 0.2) is 6.61 Å². The van der Waals surface area contributed by atoms with Gasteiger partial charge in [0.25, 0.3) is 11.7 Å². The lowest BCUT2D eigenvalue weighted by Gasteiger charge is -2.11. The molecule has 2 aromatic heterocycles. The lowest BCUT2D eigenvalue weighted by atomic mass is 10.1. The van der Waals surface area contributed by atoms with Crippen LogP contribution in [0, 0.1) is 13.8 Å². The van der Waals surface area contributed by atoms with Gasteiger partial charge in [-0.05, 0) is 20.1 Å². The maximum atomic E-state index is 12.0. The highest BCUT2D eigenvalue weighted by atomic mass is 32.2. The van der Waals surface area contributed by atoms with Gasteiger partial charge in [-0.3, -0.25) is 9.59 Å². The van der Waals surface area contributed by atoms with Gasteiger partial charge >= 0.3 is 12.1 Å². The Balaban J connectivity index is 2.01. The molecule has 0 aliphatic heterocycles. The van der Waals surface area contributed by atoms with Gasteiger partial charge in [-0.15, -0.1) is 5.10 Å². The molecule has 0 saturated carbocycles. The number of hydrogen-bond donors (Lipinski definition) is 1. The quantitative estimate of drug-likeness (QED) is 0.584. The van der Waals surface area contributed by atoms with Crippen LogP contribution in [0.5, 0.6) is 0 Å². The highest BCUT2D eigenvalue weighted by Crippen LogP contribution is 2.17. The van der Waals surface area contributed by atoms with E-state index >= 15 is 0 Å². The summed E-state index contributed by atoms with van der Waals surface area (Å²) >= 11 is 1.35. The van der Waals surface area contributed by atoms with Crippen molar-refractivity contribution in [3.05, 3.63) is 17.0 Å². The smallest absolute Gasteiger partial charge is 0.405 e. The maximum Gasteiger partial charge on any atom is 0.405 e. The molecule has 0 bridgehead atoms. The molecule has 142 valence electrons. The van der Waals surface area contributed by atoms with Gasteiger partial charge in [-0.1, -0.05) is 11.8 Å². The summed E-state index contributed by atoms with van der Waals surface area (Å²) in [7, 11) is 0. The second kappa shape index (κ2) is 7.89. The molecule has 2 aromatic rings. The Bertz CT molecular complexity index is 837. The first-order valence-corrected chi connectivity index (χ1v) is 8.59. The number of fused-ring (bicyclic) bond motifs is 1. The molecule has 1 amide bonds. The van der Waals surface area contributed by atoms with Crippen LogP contribution in [0.1, 0.15) is 17.0 Å². The summed E-state index contributed by atoms with van der Waals surface area (Å²) in [6.07, 6.45) is -2.90. The van der Waals surface area contributed by atoms with Gasteiger partial charge in [-0.25, -0.2) is 9.50 Å². The molecule has 0 fully saturated rings. The van der Waals surface area contributed by atoms with Crippen LogP contribution in [0.25, 0.3) is 5.78 Å². The number of hydrogen-bond acceptors (Lipinski definition) is 7. The number of aryl methyl sites for hydroxylation is 2. The third-order valence-electron chi connectivity index (χ3n) is 3.38. The molecule has 2 rings (SSSR count). The van der Waals surface area contributed by atoms with Crippen molar-refractivity contribution in [3.63, 3.8) is 0 Å². The van der Waals surface area contributed by atoms with E-state index in [0.717, 1.165) is 0 Å². The third kappa shape index (κ3) is 5.07. The molecule has 0 aliphatic rings. The van der Waals surface area contributed by atoms with Gasteiger partial charge in [0, 0.05) is 17.0 Å². The molecule has 26 heavy (non-hydrogen) atoms. The number of thioether (sulfide) groups is 1. The number of carbonyl (C=O) groups excluding carboxylic acids is 2. The van der Waals surface area contributed by atoms with Crippen LogP contribution >= 0.6 is 11.8 Å². The number of rotatable bonds is 6. The molecule has 8 nitrogen and oxygen atoms in total. The van der Waals surface area contributed by atoms with E-state index in [1.54, 1.807) is 19.2 Å². The summed E-state index contributed by atoms with van der Waals surface area (Å²) in [6, 6.07) is 0. The molecule has 2 heterocycles. The molecule has 0 saturated heterocycles. The van der Waals surface area contributed by atoms with Crippen LogP contribution in [0.4, 0.5) is 13.2 Å². The summed E-state index contributed by atoms with van der Waals surface area (Å²) in [5.41, 5.74) is 1.74. The summed E-state index contributed by atoms with van der Waals surface area (Å²) < 4.78 is 42.2. The van der Waals surface area contributed by atoms with Crippen molar-refractivity contribution >= 4 is 29.4 Å². The zero-order valence-corrected chi connectivity index (χ0v) is 15.0. The Morgan fingerprint density at radius 3 is 2.58 bits per heavy atom. The zero-order valence-electron chi connectivity index (χ0n) is 14.2. The van der Waals surface area contributed by atoms with E-state index in [-0.39, 0.29) is 6.42 Å². The lowest BCUT2D eigenvalue weighted by Crippen LogP contribution is -2.36. The molecule has 1 N–H and O–H groups in total. The van der Waals surface area contributed by atoms with Crippen molar-refractivity contribution in [2.45, 2.75) is 31.6 Å². The van der Waals surface area contributed by atoms with E-state index in [0.29, 0.717) is 27.9 Å². The standard InChI is InChI=1S/C14H16F3N5O3S/c1-7-9(8(2)22-12(19-7)20-13(21-22)26-3)4-11(24)25-5-10(23)18-6-14(15,16)17/h4-6H2,1-3H3,(H,18,23). The van der Waals surface area contributed by atoms with Crippen molar-refractivity contribution in [2.75, 3.05) is 19.4 Å². The monoisotopic (exact) mass is 391 g/mol. The second-order valence-corrected chi connectivity index (χ2v) is 6.07. The predicted octanol–water partition coefficient (Wildman–Crippen LogP) is 1.23. The Hall–Kier alpha value is -2.37. The van der Waals surface area contributed by atoms with Crippen LogP contribution in [-0.2, 0) is 20.7 Å². The fraction of sp³-hybridized carbons (Fsp3) is 0.500. The number of halogens is 3. The summed E-state index contributed by atoms with van der Waals surface area (Å²) in [5, 5.41) is 6.39. The van der Waals surface area contributed by atoms with Crippen molar-refractivity contribution in [2.24, 2.45) is 0 Å². The number of aromatic nitrogens is 4. The second-order valence-electron chi connectivity index (χ2n) is 5.30. The molecule has 0 radical (unpaired) electrons. The number of amides is 1. The van der Waals surface area contributed by atoms with Gasteiger partial charge in [0.05, 0.1) is 6.42 Å². The number of alkyl halides is 3. The van der Waals surface area contributed by atoms with Crippen LogP contribution in [0.3, 0.4) is 0 Å². The third-order valence-corrected chi connectivity index (χ3v) is 3.92. The Labute approximate surface area is 150 Å². The first-order valence-electron chi connectivity index (χ1n) is 7.36. The molecule has 0 atom stereocenters. The molecule has 12 heteroatoms. The normalized spacial score (nSPS) is 11.6. The Kier molecular flexibility index (Phi) is 6.05. The Morgan fingerprint density at radius 1 is 1.27 bits per heavy atom. The van der Waals surface area contributed by atoms with E-state index in [2.05, 4.69) is 15.1 Å². The lowest BCUT2D eigenvalue weighted by molar-refractivity contribution is -0.150. The van der Waals surface area contributed by atoms with Crippen LogP contribution in [0.2, 0.25) is 0 Å². The number of esters is 1. The molecular formula is C14H16F3N5O3S. The van der Waals surface area contributed by atoms with Crippen LogP contribution in [0.15, 0.2) is 5.16 Å². The summed E-state index contributed by atoms with van der Waals surface area (Å²) in [5.74, 6) is -1.39. The summed E-state index contributed by atoms with van der Waals surface area (Å²) in [4.78, 5) is 31.7. The average Bonchev–Trinajstić information content (AvgIpc) is 2.97. The van der Waals surface area contributed by atoms with E-state index in [9.17, 15) is 22.8 Å². The van der Waals surface area contributed by atoms with Crippen LogP contribution in [-0.4, -0.2) is 57.0 Å². The van der Waals surface area contributed by atoms with Gasteiger partial charge < -0.3 is 10.1 Å². The minimum Gasteiger partial charge on any atom is -0.455 e. The highest BCUT2D eigenvalue weighted by Gasteiger charge is 2.27. The van der Waals surface area contributed by atoms with E-state index in [1.807, 2.05) is 6.26 Å². The number of nitrogens with zero attached hydrogens (tertiary/aromatic N) is 4. The summed E-state index contributed by atoms with van der Waals surface area (Å²) in [6.45, 7) is 1.16. The van der Waals surface area contributed by atoms with Gasteiger partial charge in [0.1, 0.15) is 6.54 Å². The zero-order chi connectivity index (χ0) is 19.5. The first-order chi connectivity index (χ1) is 12.1. The number of carbonyl (C=O) groups is 2. The molecule has 0 spiro atoms. The fourth-order valence-electron chi connectivity index (χ4n) is 2.12. The van der Waals surface area contributed by atoms with Crippen LogP contribution < -0.4 is 5.32 Å². The molecule has 0 unspecified atom stereocenters. The number of nitrogens with one attached hydrogen (secondary N) is 1.